The molecule has 1 aromatic heterocycles. The number of amides is 1. The Morgan fingerprint density at radius 2 is 2.00 bits per heavy atom. The number of halogens is 1. The van der Waals surface area contributed by atoms with Crippen LogP contribution in [0.15, 0.2) is 48.7 Å². The topological polar surface area (TPSA) is 106 Å². The van der Waals surface area contributed by atoms with Crippen LogP contribution in [0.3, 0.4) is 0 Å². The summed E-state index contributed by atoms with van der Waals surface area (Å²) >= 11 is 0. The Kier molecular flexibility index (Phi) is 5.72. The molecule has 0 saturated carbocycles. The zero-order chi connectivity index (χ0) is 22.8. The Morgan fingerprint density at radius 1 is 1.22 bits per heavy atom. The highest BCUT2D eigenvalue weighted by molar-refractivity contribution is 6.00. The summed E-state index contributed by atoms with van der Waals surface area (Å²) in [5.74, 6) is -1.45. The standard InChI is InChI=1S/C23H20FN3O5/c1-2-32-23(29)16-9-15(10-18(11-16)27(30)31)22(28)26-7-5-14(6-8-26)20-13-25-21-12-17(24)3-4-19(20)21/h3-5,9-13,25H,2,6-8H2,1H3. The van der Waals surface area contributed by atoms with Crippen molar-refractivity contribution in [3.05, 3.63) is 81.3 Å². The molecule has 164 valence electrons. The lowest BCUT2D eigenvalue weighted by molar-refractivity contribution is -0.384. The van der Waals surface area contributed by atoms with Gasteiger partial charge < -0.3 is 14.6 Å². The van der Waals surface area contributed by atoms with E-state index >= 15 is 0 Å². The van der Waals surface area contributed by atoms with E-state index in [-0.39, 0.29) is 29.2 Å². The van der Waals surface area contributed by atoms with Crippen molar-refractivity contribution in [2.24, 2.45) is 0 Å². The zero-order valence-corrected chi connectivity index (χ0v) is 17.3. The second-order valence-electron chi connectivity index (χ2n) is 7.37. The molecule has 0 bridgehead atoms. The van der Waals surface area contributed by atoms with Gasteiger partial charge in [0.1, 0.15) is 5.82 Å². The molecule has 3 aromatic rings. The number of rotatable bonds is 5. The number of hydrogen-bond donors (Lipinski definition) is 1. The summed E-state index contributed by atoms with van der Waals surface area (Å²) in [5.41, 5.74) is 2.34. The number of benzene rings is 2. The molecule has 1 aliphatic rings. The van der Waals surface area contributed by atoms with Crippen molar-refractivity contribution in [1.82, 2.24) is 9.88 Å². The van der Waals surface area contributed by atoms with Gasteiger partial charge in [0, 0.05) is 53.4 Å². The number of nitrogens with zero attached hydrogens (tertiary/aromatic N) is 2. The molecule has 0 radical (unpaired) electrons. The summed E-state index contributed by atoms with van der Waals surface area (Å²) < 4.78 is 18.4. The number of carbonyl (C=O) groups excluding carboxylic acids is 2. The van der Waals surface area contributed by atoms with E-state index in [1.807, 2.05) is 12.3 Å². The quantitative estimate of drug-likeness (QED) is 0.364. The highest BCUT2D eigenvalue weighted by atomic mass is 19.1. The van der Waals surface area contributed by atoms with Crippen molar-refractivity contribution >= 4 is 34.0 Å². The highest BCUT2D eigenvalue weighted by Gasteiger charge is 2.24. The third-order valence-corrected chi connectivity index (χ3v) is 5.37. The lowest BCUT2D eigenvalue weighted by atomic mass is 9.98. The molecule has 2 aromatic carbocycles. The Hall–Kier alpha value is -4.01. The van der Waals surface area contributed by atoms with Gasteiger partial charge in [-0.25, -0.2) is 9.18 Å². The van der Waals surface area contributed by atoms with Crippen LogP contribution < -0.4 is 0 Å². The summed E-state index contributed by atoms with van der Waals surface area (Å²) in [6, 6.07) is 8.14. The van der Waals surface area contributed by atoms with Gasteiger partial charge in [-0.1, -0.05) is 6.08 Å². The Bertz CT molecular complexity index is 1260. The molecular formula is C23H20FN3O5. The fourth-order valence-corrected chi connectivity index (χ4v) is 3.82. The predicted molar refractivity (Wildman–Crippen MR) is 116 cm³/mol. The number of nitro groups is 1. The minimum Gasteiger partial charge on any atom is -0.462 e. The first kappa shape index (κ1) is 21.2. The Morgan fingerprint density at radius 3 is 2.69 bits per heavy atom. The van der Waals surface area contributed by atoms with E-state index in [9.17, 15) is 24.1 Å². The molecule has 8 nitrogen and oxygen atoms in total. The van der Waals surface area contributed by atoms with E-state index < -0.39 is 16.8 Å². The molecule has 0 unspecified atom stereocenters. The molecule has 0 fully saturated rings. The van der Waals surface area contributed by atoms with Crippen LogP contribution in [-0.2, 0) is 4.74 Å². The van der Waals surface area contributed by atoms with Crippen LogP contribution in [0.25, 0.3) is 16.5 Å². The van der Waals surface area contributed by atoms with Crippen LogP contribution in [-0.4, -0.2) is 46.4 Å². The first-order valence-electron chi connectivity index (χ1n) is 10.1. The molecular weight excluding hydrogens is 417 g/mol. The van der Waals surface area contributed by atoms with Crippen LogP contribution in [0.2, 0.25) is 0 Å². The van der Waals surface area contributed by atoms with Gasteiger partial charge in [0.2, 0.25) is 0 Å². The normalized spacial score (nSPS) is 13.7. The fraction of sp³-hybridized carbons (Fsp3) is 0.217. The maximum absolute atomic E-state index is 13.4. The van der Waals surface area contributed by atoms with Crippen LogP contribution in [0.1, 0.15) is 39.6 Å². The number of nitro benzene ring substituents is 1. The Labute approximate surface area is 182 Å². The lowest BCUT2D eigenvalue weighted by Gasteiger charge is -2.26. The van der Waals surface area contributed by atoms with Gasteiger partial charge in [-0.15, -0.1) is 0 Å². The number of esters is 1. The van der Waals surface area contributed by atoms with Crippen LogP contribution >= 0.6 is 0 Å². The number of nitrogens with one attached hydrogen (secondary N) is 1. The number of H-pyrrole nitrogens is 1. The molecule has 4 rings (SSSR count). The highest BCUT2D eigenvalue weighted by Crippen LogP contribution is 2.30. The largest absolute Gasteiger partial charge is 0.462 e. The second-order valence-corrected chi connectivity index (χ2v) is 7.37. The monoisotopic (exact) mass is 437 g/mol. The van der Waals surface area contributed by atoms with E-state index in [0.717, 1.165) is 22.6 Å². The number of non-ortho nitro benzene ring substituents is 1. The number of hydrogen-bond acceptors (Lipinski definition) is 5. The third-order valence-electron chi connectivity index (χ3n) is 5.37. The molecule has 0 atom stereocenters. The van der Waals surface area contributed by atoms with Crippen LogP contribution in [0.5, 0.6) is 0 Å². The first-order valence-corrected chi connectivity index (χ1v) is 10.1. The molecule has 0 aliphatic carbocycles. The van der Waals surface area contributed by atoms with Crippen molar-refractivity contribution in [2.75, 3.05) is 19.7 Å². The molecule has 0 spiro atoms. The molecule has 1 N–H and O–H groups in total. The molecule has 32 heavy (non-hydrogen) atoms. The number of aromatic amines is 1. The van der Waals surface area contributed by atoms with Gasteiger partial charge in [0.15, 0.2) is 0 Å². The van der Waals surface area contributed by atoms with Crippen molar-refractivity contribution in [2.45, 2.75) is 13.3 Å². The number of ether oxygens (including phenoxy) is 1. The molecule has 1 aliphatic heterocycles. The maximum atomic E-state index is 13.4. The maximum Gasteiger partial charge on any atom is 0.338 e. The van der Waals surface area contributed by atoms with Crippen molar-refractivity contribution in [3.8, 4) is 0 Å². The average Bonchev–Trinajstić information content (AvgIpc) is 3.21. The van der Waals surface area contributed by atoms with E-state index in [4.69, 9.17) is 4.74 Å². The van der Waals surface area contributed by atoms with Gasteiger partial charge in [-0.3, -0.25) is 14.9 Å². The first-order chi connectivity index (χ1) is 15.4. The van der Waals surface area contributed by atoms with E-state index in [1.54, 1.807) is 17.9 Å². The molecule has 1 amide bonds. The summed E-state index contributed by atoms with van der Waals surface area (Å²) in [6.45, 7) is 2.45. The summed E-state index contributed by atoms with van der Waals surface area (Å²) in [7, 11) is 0. The van der Waals surface area contributed by atoms with Crippen LogP contribution in [0.4, 0.5) is 10.1 Å². The van der Waals surface area contributed by atoms with Crippen LogP contribution in [0, 0.1) is 15.9 Å². The van der Waals surface area contributed by atoms with E-state index in [1.165, 1.54) is 24.3 Å². The van der Waals surface area contributed by atoms with Gasteiger partial charge in [-0.05, 0) is 43.2 Å². The summed E-state index contributed by atoms with van der Waals surface area (Å²) in [5, 5.41) is 12.2. The third kappa shape index (κ3) is 4.09. The summed E-state index contributed by atoms with van der Waals surface area (Å²) in [4.78, 5) is 40.3. The fourth-order valence-electron chi connectivity index (χ4n) is 3.82. The van der Waals surface area contributed by atoms with Gasteiger partial charge >= 0.3 is 5.97 Å². The average molecular weight is 437 g/mol. The predicted octanol–water partition coefficient (Wildman–Crippen LogP) is 4.32. The van der Waals surface area contributed by atoms with Gasteiger partial charge in [-0.2, -0.15) is 0 Å². The van der Waals surface area contributed by atoms with Crippen molar-refractivity contribution < 1.29 is 23.6 Å². The second kappa shape index (κ2) is 8.62. The summed E-state index contributed by atoms with van der Waals surface area (Å²) in [6.07, 6.45) is 4.30. The number of aromatic nitrogens is 1. The zero-order valence-electron chi connectivity index (χ0n) is 17.3. The van der Waals surface area contributed by atoms with E-state index in [0.29, 0.717) is 25.0 Å². The molecule has 2 heterocycles. The minimum absolute atomic E-state index is 0.0383. The lowest BCUT2D eigenvalue weighted by Crippen LogP contribution is -2.34. The van der Waals surface area contributed by atoms with Gasteiger partial charge in [0.05, 0.1) is 17.1 Å². The SMILES string of the molecule is CCOC(=O)c1cc(C(=O)N2CC=C(c3c[nH]c4cc(F)ccc34)CC2)cc([N+](=O)[O-])c1. The number of fused-ring (bicyclic) bond motifs is 1. The molecule has 0 saturated heterocycles. The van der Waals surface area contributed by atoms with E-state index in [2.05, 4.69) is 4.98 Å². The number of carbonyl (C=O) groups is 2. The van der Waals surface area contributed by atoms with Gasteiger partial charge in [0.25, 0.3) is 11.6 Å². The minimum atomic E-state index is -0.721. The van der Waals surface area contributed by atoms with Crippen molar-refractivity contribution in [3.63, 3.8) is 0 Å². The Balaban J connectivity index is 1.58. The van der Waals surface area contributed by atoms with Crippen molar-refractivity contribution in [1.29, 1.82) is 0 Å². The smallest absolute Gasteiger partial charge is 0.338 e. The molecule has 9 heteroatoms.